The zero-order valence-electron chi connectivity index (χ0n) is 14.7. The molecule has 1 heterocycles. The Morgan fingerprint density at radius 2 is 2.07 bits per heavy atom. The molecule has 1 unspecified atom stereocenters. The van der Waals surface area contributed by atoms with Gasteiger partial charge in [0.2, 0.25) is 0 Å². The Morgan fingerprint density at radius 1 is 1.26 bits per heavy atom. The van der Waals surface area contributed by atoms with E-state index in [4.69, 9.17) is 15.2 Å². The van der Waals surface area contributed by atoms with Crippen molar-refractivity contribution in [3.63, 3.8) is 0 Å². The molecule has 0 radical (unpaired) electrons. The van der Waals surface area contributed by atoms with Crippen LogP contribution in [0.25, 0.3) is 0 Å². The zero-order chi connectivity index (χ0) is 19.4. The van der Waals surface area contributed by atoms with Crippen LogP contribution in [0.1, 0.15) is 28.4 Å². The number of thioether (sulfide) groups is 1. The summed E-state index contributed by atoms with van der Waals surface area (Å²) in [5.41, 5.74) is 6.22. The van der Waals surface area contributed by atoms with Gasteiger partial charge in [0.1, 0.15) is 5.82 Å². The van der Waals surface area contributed by atoms with Gasteiger partial charge >= 0.3 is 0 Å². The van der Waals surface area contributed by atoms with E-state index < -0.39 is 5.91 Å². The monoisotopic (exact) mass is 390 g/mol. The predicted molar refractivity (Wildman–Crippen MR) is 99.6 cm³/mol. The molecule has 142 valence electrons. The van der Waals surface area contributed by atoms with Crippen LogP contribution in [-0.2, 0) is 4.79 Å². The number of ether oxygens (including phenoxy) is 2. The fraction of sp³-hybridized carbons (Fsp3) is 0.263. The maximum atomic E-state index is 13.6. The van der Waals surface area contributed by atoms with E-state index in [1.54, 1.807) is 30.0 Å². The summed E-state index contributed by atoms with van der Waals surface area (Å²) in [5, 5.41) is 2.95. The van der Waals surface area contributed by atoms with Crippen molar-refractivity contribution in [2.45, 2.75) is 17.4 Å². The van der Waals surface area contributed by atoms with E-state index in [9.17, 15) is 14.0 Å². The van der Waals surface area contributed by atoms with Crippen LogP contribution in [0.2, 0.25) is 0 Å². The van der Waals surface area contributed by atoms with E-state index >= 15 is 0 Å². The van der Waals surface area contributed by atoms with E-state index in [2.05, 4.69) is 5.32 Å². The van der Waals surface area contributed by atoms with E-state index in [-0.39, 0.29) is 24.4 Å². The summed E-state index contributed by atoms with van der Waals surface area (Å²) < 4.78 is 24.1. The van der Waals surface area contributed by atoms with Crippen LogP contribution in [0, 0.1) is 5.82 Å². The lowest BCUT2D eigenvalue weighted by Gasteiger charge is -2.26. The molecule has 27 heavy (non-hydrogen) atoms. The lowest BCUT2D eigenvalue weighted by molar-refractivity contribution is -0.119. The Bertz CT molecular complexity index is 875. The molecule has 2 aromatic rings. The third kappa shape index (κ3) is 4.51. The lowest BCUT2D eigenvalue weighted by Crippen LogP contribution is -2.30. The van der Waals surface area contributed by atoms with Crippen LogP contribution < -0.4 is 20.5 Å². The van der Waals surface area contributed by atoms with Gasteiger partial charge in [-0.25, -0.2) is 4.39 Å². The highest BCUT2D eigenvalue weighted by Gasteiger charge is 2.24. The SMILES string of the molecule is COc1cc(C(=O)NC2CCSc3ccc(F)cc32)ccc1OCC(N)=O. The predicted octanol–water partition coefficient (Wildman–Crippen LogP) is 2.67. The van der Waals surface area contributed by atoms with Gasteiger partial charge in [-0.15, -0.1) is 11.8 Å². The number of fused-ring (bicyclic) bond motifs is 1. The summed E-state index contributed by atoms with van der Waals surface area (Å²) in [6.45, 7) is -0.288. The maximum absolute atomic E-state index is 13.6. The second kappa shape index (κ2) is 8.30. The Morgan fingerprint density at radius 3 is 2.81 bits per heavy atom. The topological polar surface area (TPSA) is 90.7 Å². The first-order chi connectivity index (χ1) is 13.0. The Kier molecular flexibility index (Phi) is 5.85. The number of primary amides is 1. The van der Waals surface area contributed by atoms with Crippen molar-refractivity contribution >= 4 is 23.6 Å². The second-order valence-corrected chi connectivity index (χ2v) is 7.10. The number of carbonyl (C=O) groups is 2. The van der Waals surface area contributed by atoms with E-state index in [0.29, 0.717) is 23.5 Å². The fourth-order valence-corrected chi connectivity index (χ4v) is 3.94. The molecule has 0 aliphatic carbocycles. The van der Waals surface area contributed by atoms with E-state index in [1.165, 1.54) is 25.3 Å². The largest absolute Gasteiger partial charge is 0.493 e. The van der Waals surface area contributed by atoms with Crippen molar-refractivity contribution in [3.8, 4) is 11.5 Å². The first-order valence-corrected chi connectivity index (χ1v) is 9.28. The van der Waals surface area contributed by atoms with Crippen molar-refractivity contribution in [1.82, 2.24) is 5.32 Å². The van der Waals surface area contributed by atoms with Crippen LogP contribution in [0.4, 0.5) is 4.39 Å². The minimum Gasteiger partial charge on any atom is -0.493 e. The molecule has 3 rings (SSSR count). The summed E-state index contributed by atoms with van der Waals surface area (Å²) >= 11 is 1.65. The molecule has 1 aliphatic rings. The highest BCUT2D eigenvalue weighted by Crippen LogP contribution is 2.37. The summed E-state index contributed by atoms with van der Waals surface area (Å²) in [5.74, 6) is 0.228. The highest BCUT2D eigenvalue weighted by atomic mass is 32.2. The van der Waals surface area contributed by atoms with Gasteiger partial charge in [-0.1, -0.05) is 0 Å². The molecule has 2 aromatic carbocycles. The average Bonchev–Trinajstić information content (AvgIpc) is 2.66. The number of methoxy groups -OCH3 is 1. The number of hydrogen-bond acceptors (Lipinski definition) is 5. The Hall–Kier alpha value is -2.74. The number of hydrogen-bond donors (Lipinski definition) is 2. The molecule has 3 N–H and O–H groups in total. The lowest BCUT2D eigenvalue weighted by atomic mass is 10.0. The number of rotatable bonds is 6. The molecule has 0 saturated carbocycles. The van der Waals surface area contributed by atoms with Gasteiger partial charge in [0.25, 0.3) is 11.8 Å². The maximum Gasteiger partial charge on any atom is 0.255 e. The molecular formula is C19H19FN2O4S. The highest BCUT2D eigenvalue weighted by molar-refractivity contribution is 7.99. The van der Waals surface area contributed by atoms with Gasteiger partial charge in [-0.3, -0.25) is 9.59 Å². The zero-order valence-corrected chi connectivity index (χ0v) is 15.5. The number of nitrogens with two attached hydrogens (primary N) is 1. The molecular weight excluding hydrogens is 371 g/mol. The average molecular weight is 390 g/mol. The van der Waals surface area contributed by atoms with Crippen LogP contribution in [0.15, 0.2) is 41.3 Å². The van der Waals surface area contributed by atoms with Gasteiger partial charge in [0, 0.05) is 16.2 Å². The number of amides is 2. The number of carbonyl (C=O) groups excluding carboxylic acids is 2. The molecule has 1 aliphatic heterocycles. The second-order valence-electron chi connectivity index (χ2n) is 5.97. The molecule has 2 amide bonds. The van der Waals surface area contributed by atoms with Gasteiger partial charge in [-0.2, -0.15) is 0 Å². The molecule has 0 aromatic heterocycles. The van der Waals surface area contributed by atoms with Crippen LogP contribution in [0.3, 0.4) is 0 Å². The van der Waals surface area contributed by atoms with Gasteiger partial charge in [0.15, 0.2) is 18.1 Å². The van der Waals surface area contributed by atoms with Gasteiger partial charge < -0.3 is 20.5 Å². The minimum atomic E-state index is -0.611. The Balaban J connectivity index is 1.77. The summed E-state index contributed by atoms with van der Waals surface area (Å²) in [6.07, 6.45) is 0.712. The van der Waals surface area contributed by atoms with Crippen molar-refractivity contribution in [3.05, 3.63) is 53.3 Å². The first kappa shape index (κ1) is 19.0. The van der Waals surface area contributed by atoms with Crippen molar-refractivity contribution in [2.75, 3.05) is 19.5 Å². The molecule has 8 heteroatoms. The standard InChI is InChI=1S/C19H19FN2O4S/c1-25-16-8-11(2-4-15(16)26-10-18(21)23)19(24)22-14-6-7-27-17-5-3-12(20)9-13(14)17/h2-5,8-9,14H,6-7,10H2,1H3,(H2,21,23)(H,22,24). The molecule has 6 nitrogen and oxygen atoms in total. The molecule has 0 fully saturated rings. The van der Waals surface area contributed by atoms with Crippen LogP contribution >= 0.6 is 11.8 Å². The van der Waals surface area contributed by atoms with E-state index in [1.807, 2.05) is 0 Å². The minimum absolute atomic E-state index is 0.263. The summed E-state index contributed by atoms with van der Waals surface area (Å²) in [4.78, 5) is 24.5. The molecule has 0 spiro atoms. The smallest absolute Gasteiger partial charge is 0.255 e. The number of nitrogens with one attached hydrogen (secondary N) is 1. The van der Waals surface area contributed by atoms with Crippen LogP contribution in [0.5, 0.6) is 11.5 Å². The van der Waals surface area contributed by atoms with Crippen molar-refractivity contribution < 1.29 is 23.5 Å². The van der Waals surface area contributed by atoms with Gasteiger partial charge in [-0.05, 0) is 48.4 Å². The van der Waals surface area contributed by atoms with Crippen LogP contribution in [-0.4, -0.2) is 31.3 Å². The van der Waals surface area contributed by atoms with Crippen molar-refractivity contribution in [2.24, 2.45) is 5.73 Å². The normalized spacial score (nSPS) is 15.6. The molecule has 1 atom stereocenters. The first-order valence-electron chi connectivity index (χ1n) is 8.30. The fourth-order valence-electron chi connectivity index (χ4n) is 2.83. The quantitative estimate of drug-likeness (QED) is 0.791. The molecule has 0 saturated heterocycles. The Labute approximate surface area is 160 Å². The van der Waals surface area contributed by atoms with Crippen molar-refractivity contribution in [1.29, 1.82) is 0 Å². The van der Waals surface area contributed by atoms with Gasteiger partial charge in [0.05, 0.1) is 13.2 Å². The third-order valence-corrected chi connectivity index (χ3v) is 5.24. The third-order valence-electron chi connectivity index (χ3n) is 4.11. The number of benzene rings is 2. The summed E-state index contributed by atoms with van der Waals surface area (Å²) in [7, 11) is 1.44. The molecule has 0 bridgehead atoms. The number of halogens is 1. The van der Waals surface area contributed by atoms with E-state index in [0.717, 1.165) is 16.2 Å². The summed E-state index contributed by atoms with van der Waals surface area (Å²) in [6, 6.07) is 9.00.